The Hall–Kier alpha value is -3.27. The fourth-order valence-electron chi connectivity index (χ4n) is 4.60. The zero-order valence-electron chi connectivity index (χ0n) is 19.7. The van der Waals surface area contributed by atoms with Crippen LogP contribution in [0.5, 0.6) is 5.75 Å². The van der Waals surface area contributed by atoms with Crippen LogP contribution in [0.2, 0.25) is 0 Å². The topological polar surface area (TPSA) is 108 Å². The van der Waals surface area contributed by atoms with Crippen LogP contribution in [0.25, 0.3) is 10.9 Å². The highest BCUT2D eigenvalue weighted by molar-refractivity contribution is 7.86. The van der Waals surface area contributed by atoms with E-state index < -0.39 is 10.1 Å². The molecule has 1 fully saturated rings. The fraction of sp³-hybridized carbons (Fsp3) is 0.417. The van der Waals surface area contributed by atoms with Crippen molar-refractivity contribution in [2.45, 2.75) is 32.7 Å². The maximum absolute atomic E-state index is 13.3. The Morgan fingerprint density at radius 3 is 2.71 bits per heavy atom. The number of likely N-dealkylation sites (tertiary alicyclic amines) is 1. The molecule has 182 valence electrons. The Morgan fingerprint density at radius 2 is 2.03 bits per heavy atom. The van der Waals surface area contributed by atoms with Gasteiger partial charge in [-0.3, -0.25) is 4.79 Å². The molecule has 1 aromatic carbocycles. The molecule has 2 N–H and O–H groups in total. The lowest BCUT2D eigenvalue weighted by atomic mass is 10.0. The number of fused-ring (bicyclic) bond motifs is 1. The summed E-state index contributed by atoms with van der Waals surface area (Å²) in [6.07, 6.45) is 6.21. The van der Waals surface area contributed by atoms with E-state index in [-0.39, 0.29) is 11.7 Å². The monoisotopic (exact) mass is 485 g/mol. The van der Waals surface area contributed by atoms with Crippen molar-refractivity contribution >= 4 is 38.4 Å². The van der Waals surface area contributed by atoms with Gasteiger partial charge in [-0.25, -0.2) is 4.98 Å². The maximum Gasteiger partial charge on any atom is 0.306 e. The van der Waals surface area contributed by atoms with Crippen LogP contribution in [0.4, 0.5) is 11.5 Å². The number of nitrogens with zero attached hydrogens (tertiary/aromatic N) is 3. The van der Waals surface area contributed by atoms with E-state index in [0.717, 1.165) is 49.1 Å². The number of carbonyl (C=O) groups excluding carboxylic acids is 1. The molecule has 0 unspecified atom stereocenters. The van der Waals surface area contributed by atoms with Gasteiger partial charge in [-0.1, -0.05) is 0 Å². The largest absolute Gasteiger partial charge is 0.383 e. The van der Waals surface area contributed by atoms with Crippen LogP contribution in [0.1, 0.15) is 37.0 Å². The Morgan fingerprint density at radius 1 is 1.26 bits per heavy atom. The lowest BCUT2D eigenvalue weighted by Crippen LogP contribution is -2.47. The van der Waals surface area contributed by atoms with Crippen molar-refractivity contribution < 1.29 is 17.4 Å². The predicted molar refractivity (Wildman–Crippen MR) is 134 cm³/mol. The number of carbonyl (C=O) groups is 1. The molecular formula is C24H31N5O4S. The molecule has 0 bridgehead atoms. The van der Waals surface area contributed by atoms with Gasteiger partial charge < -0.3 is 24.3 Å². The smallest absolute Gasteiger partial charge is 0.306 e. The first-order valence-corrected chi connectivity index (χ1v) is 13.4. The molecule has 0 aliphatic carbocycles. The first-order valence-electron chi connectivity index (χ1n) is 11.6. The molecule has 3 heterocycles. The quantitative estimate of drug-likeness (QED) is 0.471. The Bertz CT molecular complexity index is 1270. The number of anilines is 2. The molecular weight excluding hydrogens is 454 g/mol. The molecule has 1 aliphatic rings. The number of rotatable bonds is 8. The zero-order chi connectivity index (χ0) is 24.3. The van der Waals surface area contributed by atoms with Crippen molar-refractivity contribution in [3.8, 4) is 5.75 Å². The highest BCUT2D eigenvalue weighted by atomic mass is 32.2. The maximum atomic E-state index is 13.3. The normalized spacial score (nSPS) is 14.9. The van der Waals surface area contributed by atoms with E-state index in [1.165, 1.54) is 0 Å². The second-order valence-electron chi connectivity index (χ2n) is 8.41. The third-order valence-electron chi connectivity index (χ3n) is 6.09. The summed E-state index contributed by atoms with van der Waals surface area (Å²) in [5.41, 5.74) is 2.26. The van der Waals surface area contributed by atoms with Crippen LogP contribution < -0.4 is 14.4 Å². The lowest BCUT2D eigenvalue weighted by molar-refractivity contribution is 0.0714. The average molecular weight is 486 g/mol. The molecule has 34 heavy (non-hydrogen) atoms. The van der Waals surface area contributed by atoms with Crippen LogP contribution in [0.3, 0.4) is 0 Å². The summed E-state index contributed by atoms with van der Waals surface area (Å²) in [6, 6.07) is 9.17. The molecule has 1 saturated heterocycles. The van der Waals surface area contributed by atoms with Crippen molar-refractivity contribution in [1.29, 1.82) is 0 Å². The summed E-state index contributed by atoms with van der Waals surface area (Å²) in [5.74, 6) is 1.14. The average Bonchev–Trinajstić information content (AvgIpc) is 3.23. The zero-order valence-corrected chi connectivity index (χ0v) is 20.6. The molecule has 0 saturated carbocycles. The van der Waals surface area contributed by atoms with Crippen molar-refractivity contribution in [1.82, 2.24) is 14.9 Å². The van der Waals surface area contributed by atoms with E-state index in [1.807, 2.05) is 17.2 Å². The molecule has 0 radical (unpaired) electrons. The summed E-state index contributed by atoms with van der Waals surface area (Å²) >= 11 is 0. The van der Waals surface area contributed by atoms with Gasteiger partial charge in [0.2, 0.25) is 0 Å². The fourth-order valence-corrected chi connectivity index (χ4v) is 5.05. The summed E-state index contributed by atoms with van der Waals surface area (Å²) in [7, 11) is -3.61. The van der Waals surface area contributed by atoms with E-state index in [1.54, 1.807) is 24.4 Å². The first-order chi connectivity index (χ1) is 16.3. The molecule has 9 nitrogen and oxygen atoms in total. The minimum atomic E-state index is -3.61. The molecule has 3 aromatic rings. The molecule has 0 spiro atoms. The van der Waals surface area contributed by atoms with E-state index in [9.17, 15) is 13.2 Å². The van der Waals surface area contributed by atoms with Crippen LogP contribution >= 0.6 is 0 Å². The van der Waals surface area contributed by atoms with Crippen LogP contribution in [0, 0.1) is 0 Å². The summed E-state index contributed by atoms with van der Waals surface area (Å²) in [5, 5.41) is 4.14. The highest BCUT2D eigenvalue weighted by Gasteiger charge is 2.29. The number of aromatic amines is 1. The van der Waals surface area contributed by atoms with Gasteiger partial charge in [0.25, 0.3) is 5.91 Å². The number of nitrogens with one attached hydrogen (secondary N) is 2. The lowest BCUT2D eigenvalue weighted by Gasteiger charge is -2.39. The Balaban J connectivity index is 1.46. The van der Waals surface area contributed by atoms with E-state index in [2.05, 4.69) is 40.1 Å². The van der Waals surface area contributed by atoms with Gasteiger partial charge in [0, 0.05) is 61.6 Å². The van der Waals surface area contributed by atoms with E-state index >= 15 is 0 Å². The summed E-state index contributed by atoms with van der Waals surface area (Å²) in [4.78, 5) is 25.2. The van der Waals surface area contributed by atoms with Gasteiger partial charge in [0.15, 0.2) is 5.82 Å². The van der Waals surface area contributed by atoms with Gasteiger partial charge in [0.05, 0.1) is 17.5 Å². The molecule has 10 heteroatoms. The van der Waals surface area contributed by atoms with E-state index in [4.69, 9.17) is 4.18 Å². The number of hydrogen-bond donors (Lipinski definition) is 2. The van der Waals surface area contributed by atoms with Crippen molar-refractivity contribution in [2.75, 3.05) is 42.7 Å². The second-order valence-corrected chi connectivity index (χ2v) is 9.99. The number of H-pyrrole nitrogens is 1. The molecule has 2 aromatic heterocycles. The Kier molecular flexibility index (Phi) is 6.97. The predicted octanol–water partition coefficient (Wildman–Crippen LogP) is 3.46. The minimum absolute atomic E-state index is 0.0318. The Labute approximate surface area is 200 Å². The van der Waals surface area contributed by atoms with Gasteiger partial charge in [0.1, 0.15) is 5.75 Å². The van der Waals surface area contributed by atoms with Crippen molar-refractivity contribution in [3.05, 3.63) is 48.3 Å². The summed E-state index contributed by atoms with van der Waals surface area (Å²) < 4.78 is 27.7. The molecule has 1 amide bonds. The first kappa shape index (κ1) is 23.9. The third kappa shape index (κ3) is 5.11. The van der Waals surface area contributed by atoms with Gasteiger partial charge in [-0.15, -0.1) is 0 Å². The number of hydrogen-bond acceptors (Lipinski definition) is 7. The standard InChI is InChI=1S/C24H31N5O4S/c1-4-25-21-7-6-12-26-23(21)29(5-2)17-10-13-28(14-11-17)24(30)20-16-27-22-15-18(8-9-19(20)22)33-34(3,31)32/h6-9,12,15-17,25,27H,4-5,10-11,13-14H2,1-3H3. The number of aromatic nitrogens is 2. The molecule has 1 aliphatic heterocycles. The SMILES string of the molecule is CCNc1cccnc1N(CC)C1CCN(C(=O)c2c[nH]c3cc(OS(C)(=O)=O)ccc23)CC1. The van der Waals surface area contributed by atoms with E-state index in [0.29, 0.717) is 30.2 Å². The highest BCUT2D eigenvalue weighted by Crippen LogP contribution is 2.30. The second kappa shape index (κ2) is 9.92. The van der Waals surface area contributed by atoms with Gasteiger partial charge in [-0.05, 0) is 51.0 Å². The number of amides is 1. The number of benzene rings is 1. The third-order valence-corrected chi connectivity index (χ3v) is 6.59. The van der Waals surface area contributed by atoms with Crippen LogP contribution in [0.15, 0.2) is 42.7 Å². The molecule has 0 atom stereocenters. The number of piperidine rings is 1. The van der Waals surface area contributed by atoms with Crippen molar-refractivity contribution in [3.63, 3.8) is 0 Å². The van der Waals surface area contributed by atoms with Crippen LogP contribution in [-0.2, 0) is 10.1 Å². The van der Waals surface area contributed by atoms with Gasteiger partial charge in [-0.2, -0.15) is 8.42 Å². The molecule has 4 rings (SSSR count). The number of pyridine rings is 1. The van der Waals surface area contributed by atoms with Gasteiger partial charge >= 0.3 is 10.1 Å². The minimum Gasteiger partial charge on any atom is -0.383 e. The van der Waals surface area contributed by atoms with Crippen molar-refractivity contribution in [2.24, 2.45) is 0 Å². The van der Waals surface area contributed by atoms with Crippen LogP contribution in [-0.4, -0.2) is 67.7 Å². The summed E-state index contributed by atoms with van der Waals surface area (Å²) in [6.45, 7) is 7.19.